The topological polar surface area (TPSA) is 0 Å². The molecule has 2 aliphatic rings. The average Bonchev–Trinajstić information content (AvgIpc) is 2.82. The molecule has 2 fully saturated rings. The van der Waals surface area contributed by atoms with E-state index in [0.717, 1.165) is 0 Å². The van der Waals surface area contributed by atoms with Crippen molar-refractivity contribution in [3.63, 3.8) is 0 Å². The third-order valence-electron chi connectivity index (χ3n) is 3.74. The van der Waals surface area contributed by atoms with E-state index in [2.05, 4.69) is 0 Å². The van der Waals surface area contributed by atoms with Crippen molar-refractivity contribution in [3.05, 3.63) is 0 Å². The van der Waals surface area contributed by atoms with Crippen LogP contribution in [0.25, 0.3) is 0 Å². The number of alkyl halides is 2. The zero-order valence-electron chi connectivity index (χ0n) is 9.23. The van der Waals surface area contributed by atoms with E-state index in [1.807, 2.05) is 0 Å². The van der Waals surface area contributed by atoms with Gasteiger partial charge in [-0.1, -0.05) is 18.2 Å². The van der Waals surface area contributed by atoms with E-state index >= 15 is 0 Å². The number of halogens is 5. The van der Waals surface area contributed by atoms with Crippen molar-refractivity contribution in [2.24, 2.45) is 11.8 Å². The first-order chi connectivity index (χ1) is 6.80. The Morgan fingerprint density at radius 2 is 1.50 bits per heavy atom. The van der Waals surface area contributed by atoms with Crippen LogP contribution in [-0.4, -0.2) is 12.9 Å². The molecule has 16 heavy (non-hydrogen) atoms. The fourth-order valence-electron chi connectivity index (χ4n) is 2.70. The van der Waals surface area contributed by atoms with Crippen LogP contribution in [0.4, 0.5) is 21.7 Å². The molecule has 2 saturated carbocycles. The van der Waals surface area contributed by atoms with E-state index in [4.69, 9.17) is 0 Å². The number of hydrogen-bond donors (Lipinski definition) is 0. The molecule has 0 aromatic carbocycles. The summed E-state index contributed by atoms with van der Waals surface area (Å²) < 4.78 is 62.5. The van der Waals surface area contributed by atoms with Gasteiger partial charge < -0.3 is 12.9 Å². The minimum Gasteiger partial charge on any atom is -0.449 e. The molecule has 2 aliphatic carbocycles. The normalized spacial score (nSPS) is 34.3. The molecule has 0 heterocycles. The molecular weight excluding hydrogens is 253 g/mol. The summed E-state index contributed by atoms with van der Waals surface area (Å²) >= 11 is 0. The molecule has 7 heteroatoms. The zero-order valence-corrected chi connectivity index (χ0v) is 12.4. The monoisotopic (exact) mass is 266 g/mol. The summed E-state index contributed by atoms with van der Waals surface area (Å²) in [6, 6.07) is 0. The maximum Gasteiger partial charge on any atom is 1.00 e. The van der Waals surface area contributed by atoms with Crippen molar-refractivity contribution in [3.8, 4) is 0 Å². The van der Waals surface area contributed by atoms with Crippen LogP contribution < -0.4 is 51.4 Å². The van der Waals surface area contributed by atoms with Crippen molar-refractivity contribution < 1.29 is 73.1 Å². The molecule has 88 valence electrons. The molecule has 0 spiro atoms. The summed E-state index contributed by atoms with van der Waals surface area (Å²) in [7, 11) is 0. The second-order valence-electron chi connectivity index (χ2n) is 4.88. The first-order valence-electron chi connectivity index (χ1n) is 5.37. The molecule has 0 aromatic heterocycles. The van der Waals surface area contributed by atoms with Gasteiger partial charge in [0.05, 0.1) is 0 Å². The van der Waals surface area contributed by atoms with Crippen LogP contribution in [-0.2, 0) is 0 Å². The van der Waals surface area contributed by atoms with Crippen LogP contribution >= 0.6 is 0 Å². The van der Waals surface area contributed by atoms with Gasteiger partial charge in [0.25, 0.3) is 0 Å². The minimum absolute atomic E-state index is 0. The van der Waals surface area contributed by atoms with Gasteiger partial charge in [0.15, 0.2) is 0 Å². The molecular formula is C9H13BF5K. The fraction of sp³-hybridized carbons (Fsp3) is 1.00. The summed E-state index contributed by atoms with van der Waals surface area (Å²) in [5.74, 6) is -4.24. The van der Waals surface area contributed by atoms with Gasteiger partial charge in [-0.05, 0) is 18.8 Å². The van der Waals surface area contributed by atoms with Crippen LogP contribution in [0.2, 0.25) is 5.82 Å². The van der Waals surface area contributed by atoms with Gasteiger partial charge in [-0.15, -0.1) is 0 Å². The summed E-state index contributed by atoms with van der Waals surface area (Å²) in [6.07, 6.45) is 0.248. The van der Waals surface area contributed by atoms with Crippen molar-refractivity contribution >= 4 is 6.98 Å². The van der Waals surface area contributed by atoms with Crippen LogP contribution in [0.5, 0.6) is 0 Å². The van der Waals surface area contributed by atoms with E-state index in [0.29, 0.717) is 0 Å². The molecule has 0 N–H and O–H groups in total. The predicted molar refractivity (Wildman–Crippen MR) is 47.8 cm³/mol. The predicted octanol–water partition coefficient (Wildman–Crippen LogP) is 1.05. The summed E-state index contributed by atoms with van der Waals surface area (Å²) in [5, 5.41) is 0. The number of rotatable bonds is 2. The summed E-state index contributed by atoms with van der Waals surface area (Å²) in [5.41, 5.74) is 0. The minimum atomic E-state index is -4.74. The SMILES string of the molecule is F[B-](F)(F)[C@@H]1C[C@H]1C1CCC(F)(F)CC1.[K+]. The van der Waals surface area contributed by atoms with E-state index < -0.39 is 18.7 Å². The molecule has 2 rings (SSSR count). The zero-order chi connectivity index (χ0) is 11.3. The van der Waals surface area contributed by atoms with E-state index in [1.165, 1.54) is 0 Å². The third-order valence-corrected chi connectivity index (χ3v) is 3.74. The van der Waals surface area contributed by atoms with Gasteiger partial charge in [0.2, 0.25) is 5.92 Å². The van der Waals surface area contributed by atoms with Gasteiger partial charge in [-0.25, -0.2) is 8.78 Å². The van der Waals surface area contributed by atoms with Gasteiger partial charge in [-0.3, -0.25) is 0 Å². The Kier molecular flexibility index (Phi) is 4.96. The fourth-order valence-corrected chi connectivity index (χ4v) is 2.70. The Morgan fingerprint density at radius 3 is 1.88 bits per heavy atom. The Hall–Kier alpha value is 1.35. The Labute approximate surface area is 134 Å². The molecule has 0 amide bonds. The van der Waals surface area contributed by atoms with Crippen LogP contribution in [0.15, 0.2) is 0 Å². The van der Waals surface area contributed by atoms with Gasteiger partial charge in [0, 0.05) is 12.8 Å². The van der Waals surface area contributed by atoms with Gasteiger partial charge in [0.1, 0.15) is 0 Å². The quantitative estimate of drug-likeness (QED) is 0.518. The van der Waals surface area contributed by atoms with E-state index in [-0.39, 0.29) is 95.3 Å². The van der Waals surface area contributed by atoms with Crippen molar-refractivity contribution in [2.45, 2.75) is 43.8 Å². The first-order valence-corrected chi connectivity index (χ1v) is 5.37. The standard InChI is InChI=1S/C9H13BF5.K/c11-9(12)3-1-6(2-4-9)7-5-8(7)10(13,14)15;/h6-8H,1-5H2;/q-1;+1/t7-,8+;/m0./s1. The second-order valence-corrected chi connectivity index (χ2v) is 4.88. The molecule has 0 aliphatic heterocycles. The van der Waals surface area contributed by atoms with Crippen molar-refractivity contribution in [1.29, 1.82) is 0 Å². The average molecular weight is 266 g/mol. The molecule has 0 saturated heterocycles. The van der Waals surface area contributed by atoms with Gasteiger partial charge >= 0.3 is 58.4 Å². The van der Waals surface area contributed by atoms with Crippen molar-refractivity contribution in [1.82, 2.24) is 0 Å². The largest absolute Gasteiger partial charge is 1.00 e. The molecule has 0 bridgehead atoms. The third kappa shape index (κ3) is 3.67. The second kappa shape index (κ2) is 5.15. The Balaban J connectivity index is 0.00000128. The van der Waals surface area contributed by atoms with E-state index in [9.17, 15) is 21.7 Å². The van der Waals surface area contributed by atoms with Crippen LogP contribution in [0, 0.1) is 11.8 Å². The summed E-state index contributed by atoms with van der Waals surface area (Å²) in [6.45, 7) is -4.74. The molecule has 0 nitrogen and oxygen atoms in total. The van der Waals surface area contributed by atoms with Gasteiger partial charge in [-0.2, -0.15) is 0 Å². The maximum atomic E-state index is 12.8. The van der Waals surface area contributed by atoms with Crippen LogP contribution in [0.1, 0.15) is 32.1 Å². The molecule has 0 radical (unpaired) electrons. The number of hydrogen-bond acceptors (Lipinski definition) is 0. The molecule has 0 aromatic rings. The maximum absolute atomic E-state index is 12.8. The van der Waals surface area contributed by atoms with E-state index in [1.54, 1.807) is 0 Å². The first kappa shape index (κ1) is 15.4. The summed E-state index contributed by atoms with van der Waals surface area (Å²) in [4.78, 5) is 0. The van der Waals surface area contributed by atoms with Crippen molar-refractivity contribution in [2.75, 3.05) is 0 Å². The molecule has 2 atom stereocenters. The van der Waals surface area contributed by atoms with Crippen LogP contribution in [0.3, 0.4) is 0 Å². The smallest absolute Gasteiger partial charge is 0.449 e. The Morgan fingerprint density at radius 1 is 1.00 bits per heavy atom. The Bertz CT molecular complexity index is 245. The molecule has 0 unspecified atom stereocenters.